The minimum absolute atomic E-state index is 0.732. The van der Waals surface area contributed by atoms with Crippen molar-refractivity contribution in [3.05, 3.63) is 152 Å². The van der Waals surface area contributed by atoms with Crippen LogP contribution >= 0.6 is 0 Å². The summed E-state index contributed by atoms with van der Waals surface area (Å²) in [4.78, 5) is 10.1. The van der Waals surface area contributed by atoms with Crippen molar-refractivity contribution < 1.29 is 0 Å². The molecule has 2 aromatic heterocycles. The van der Waals surface area contributed by atoms with E-state index in [2.05, 4.69) is 132 Å². The van der Waals surface area contributed by atoms with Gasteiger partial charge in [0.15, 0.2) is 5.82 Å². The van der Waals surface area contributed by atoms with Crippen LogP contribution in [0.25, 0.3) is 72.2 Å². The molecular weight excluding hydrogens is 498 g/mol. The van der Waals surface area contributed by atoms with E-state index >= 15 is 0 Å². The van der Waals surface area contributed by atoms with Crippen molar-refractivity contribution in [3.8, 4) is 39.5 Å². The average Bonchev–Trinajstić information content (AvgIpc) is 3.40. The summed E-state index contributed by atoms with van der Waals surface area (Å²) in [5, 5.41) is 3.52. The van der Waals surface area contributed by atoms with Crippen LogP contribution in [0.3, 0.4) is 0 Å². The summed E-state index contributed by atoms with van der Waals surface area (Å²) < 4.78 is 2.39. The minimum Gasteiger partial charge on any atom is -0.309 e. The van der Waals surface area contributed by atoms with Gasteiger partial charge in [-0.3, -0.25) is 0 Å². The molecule has 41 heavy (non-hydrogen) atoms. The van der Waals surface area contributed by atoms with Crippen LogP contribution in [0.4, 0.5) is 0 Å². The zero-order valence-corrected chi connectivity index (χ0v) is 22.3. The Morgan fingerprint density at radius 3 is 1.88 bits per heavy atom. The van der Waals surface area contributed by atoms with E-state index in [4.69, 9.17) is 9.97 Å². The van der Waals surface area contributed by atoms with Gasteiger partial charge in [-0.05, 0) is 35.9 Å². The molecule has 0 aliphatic heterocycles. The van der Waals surface area contributed by atoms with Crippen molar-refractivity contribution in [2.75, 3.05) is 0 Å². The standard InChI is InChI=1S/C38H25N3/c1-4-13-26(14-5-1)36-33-25-28(23-24-34(33)39-38(40-36)27-15-6-2-7-16-27)30-20-12-21-32-31-19-10-11-22-35(31)41(37(30)32)29-17-8-3-9-18-29/h1-25H. The van der Waals surface area contributed by atoms with Crippen LogP contribution in [0.2, 0.25) is 0 Å². The van der Waals surface area contributed by atoms with Crippen LogP contribution in [-0.2, 0) is 0 Å². The highest BCUT2D eigenvalue weighted by molar-refractivity contribution is 6.14. The number of hydrogen-bond acceptors (Lipinski definition) is 2. The predicted molar refractivity (Wildman–Crippen MR) is 170 cm³/mol. The summed E-state index contributed by atoms with van der Waals surface area (Å²) in [6.07, 6.45) is 0. The van der Waals surface area contributed by atoms with Crippen LogP contribution in [0.5, 0.6) is 0 Å². The first-order valence-corrected chi connectivity index (χ1v) is 13.9. The van der Waals surface area contributed by atoms with E-state index < -0.39 is 0 Å². The van der Waals surface area contributed by atoms with Gasteiger partial charge in [-0.1, -0.05) is 121 Å². The molecule has 0 aliphatic carbocycles. The van der Waals surface area contributed by atoms with Crippen molar-refractivity contribution in [1.82, 2.24) is 14.5 Å². The van der Waals surface area contributed by atoms with Crippen LogP contribution in [0.15, 0.2) is 152 Å². The molecule has 0 spiro atoms. The summed E-state index contributed by atoms with van der Waals surface area (Å²) in [5.74, 6) is 0.732. The summed E-state index contributed by atoms with van der Waals surface area (Å²) in [5.41, 5.74) is 9.80. The topological polar surface area (TPSA) is 30.7 Å². The number of rotatable bonds is 4. The second-order valence-electron chi connectivity index (χ2n) is 10.2. The molecule has 0 N–H and O–H groups in total. The van der Waals surface area contributed by atoms with Gasteiger partial charge in [0, 0.05) is 38.5 Å². The molecule has 0 saturated carbocycles. The van der Waals surface area contributed by atoms with Gasteiger partial charge in [-0.2, -0.15) is 0 Å². The minimum atomic E-state index is 0.732. The first-order valence-electron chi connectivity index (χ1n) is 13.9. The smallest absolute Gasteiger partial charge is 0.160 e. The van der Waals surface area contributed by atoms with E-state index in [0.29, 0.717) is 0 Å². The molecule has 0 aliphatic rings. The highest BCUT2D eigenvalue weighted by Crippen LogP contribution is 2.39. The Balaban J connectivity index is 1.42. The molecule has 0 bridgehead atoms. The van der Waals surface area contributed by atoms with Crippen LogP contribution in [-0.4, -0.2) is 14.5 Å². The monoisotopic (exact) mass is 523 g/mol. The molecule has 0 amide bonds. The summed E-state index contributed by atoms with van der Waals surface area (Å²) in [6, 6.07) is 53.1. The highest BCUT2D eigenvalue weighted by atomic mass is 15.0. The number of hydrogen-bond donors (Lipinski definition) is 0. The molecule has 0 radical (unpaired) electrons. The SMILES string of the molecule is c1ccc(-c2nc(-c3ccccc3)c3cc(-c4cccc5c6ccccc6n(-c6ccccc6)c45)ccc3n2)cc1. The molecule has 6 aromatic carbocycles. The zero-order chi connectivity index (χ0) is 27.2. The van der Waals surface area contributed by atoms with E-state index in [1.54, 1.807) is 0 Å². The summed E-state index contributed by atoms with van der Waals surface area (Å²) >= 11 is 0. The average molecular weight is 524 g/mol. The normalized spacial score (nSPS) is 11.4. The van der Waals surface area contributed by atoms with Crippen molar-refractivity contribution in [1.29, 1.82) is 0 Å². The van der Waals surface area contributed by atoms with Crippen LogP contribution in [0.1, 0.15) is 0 Å². The van der Waals surface area contributed by atoms with E-state index in [1.165, 1.54) is 27.4 Å². The maximum atomic E-state index is 5.12. The van der Waals surface area contributed by atoms with Gasteiger partial charge in [0.05, 0.1) is 22.2 Å². The molecular formula is C38H25N3. The maximum Gasteiger partial charge on any atom is 0.160 e. The lowest BCUT2D eigenvalue weighted by molar-refractivity contribution is 1.18. The Hall–Kier alpha value is -5.54. The first kappa shape index (κ1) is 23.4. The third-order valence-electron chi connectivity index (χ3n) is 7.80. The van der Waals surface area contributed by atoms with Crippen LogP contribution in [0, 0.1) is 0 Å². The fourth-order valence-electron chi connectivity index (χ4n) is 5.93. The molecule has 0 unspecified atom stereocenters. The molecule has 0 fully saturated rings. The Morgan fingerprint density at radius 1 is 0.439 bits per heavy atom. The third-order valence-corrected chi connectivity index (χ3v) is 7.80. The lowest BCUT2D eigenvalue weighted by Gasteiger charge is -2.14. The van der Waals surface area contributed by atoms with Gasteiger partial charge in [0.1, 0.15) is 0 Å². The Labute approximate surface area is 238 Å². The fraction of sp³-hybridized carbons (Fsp3) is 0. The predicted octanol–water partition coefficient (Wildman–Crippen LogP) is 9.73. The lowest BCUT2D eigenvalue weighted by Crippen LogP contribution is -1.97. The maximum absolute atomic E-state index is 5.12. The highest BCUT2D eigenvalue weighted by Gasteiger charge is 2.18. The molecule has 8 aromatic rings. The molecule has 3 nitrogen and oxygen atoms in total. The summed E-state index contributed by atoms with van der Waals surface area (Å²) in [7, 11) is 0. The van der Waals surface area contributed by atoms with Gasteiger partial charge >= 0.3 is 0 Å². The molecule has 0 atom stereocenters. The van der Waals surface area contributed by atoms with Crippen LogP contribution < -0.4 is 0 Å². The van der Waals surface area contributed by atoms with E-state index in [9.17, 15) is 0 Å². The van der Waals surface area contributed by atoms with E-state index in [-0.39, 0.29) is 0 Å². The van der Waals surface area contributed by atoms with Crippen molar-refractivity contribution in [2.24, 2.45) is 0 Å². The largest absolute Gasteiger partial charge is 0.309 e. The van der Waals surface area contributed by atoms with E-state index in [0.717, 1.165) is 44.8 Å². The molecule has 192 valence electrons. The number of aromatic nitrogens is 3. The number of para-hydroxylation sites is 3. The van der Waals surface area contributed by atoms with E-state index in [1.807, 2.05) is 24.3 Å². The molecule has 0 saturated heterocycles. The second-order valence-corrected chi connectivity index (χ2v) is 10.2. The quantitative estimate of drug-likeness (QED) is 0.230. The fourth-order valence-corrected chi connectivity index (χ4v) is 5.93. The summed E-state index contributed by atoms with van der Waals surface area (Å²) in [6.45, 7) is 0. The third kappa shape index (κ3) is 3.90. The second kappa shape index (κ2) is 9.58. The molecule has 3 heteroatoms. The molecule has 2 heterocycles. The molecule has 8 rings (SSSR count). The van der Waals surface area contributed by atoms with Gasteiger partial charge < -0.3 is 4.57 Å². The van der Waals surface area contributed by atoms with Gasteiger partial charge in [-0.25, -0.2) is 9.97 Å². The van der Waals surface area contributed by atoms with Crippen molar-refractivity contribution >= 4 is 32.7 Å². The van der Waals surface area contributed by atoms with Crippen molar-refractivity contribution in [3.63, 3.8) is 0 Å². The Kier molecular flexibility index (Phi) is 5.46. The first-order chi connectivity index (χ1) is 20.3. The zero-order valence-electron chi connectivity index (χ0n) is 22.3. The number of fused-ring (bicyclic) bond motifs is 4. The van der Waals surface area contributed by atoms with Gasteiger partial charge in [0.2, 0.25) is 0 Å². The van der Waals surface area contributed by atoms with Gasteiger partial charge in [0.25, 0.3) is 0 Å². The Morgan fingerprint density at radius 2 is 1.10 bits per heavy atom. The number of benzene rings is 6. The Bertz CT molecular complexity index is 2180. The van der Waals surface area contributed by atoms with Crippen molar-refractivity contribution in [2.45, 2.75) is 0 Å². The van der Waals surface area contributed by atoms with Gasteiger partial charge in [-0.15, -0.1) is 0 Å². The number of nitrogens with zero attached hydrogens (tertiary/aromatic N) is 3. The lowest BCUT2D eigenvalue weighted by atomic mass is 9.98.